The number of nitrogens with one attached hydrogen (secondary N) is 1. The number of halogens is 7. The van der Waals surface area contributed by atoms with Crippen LogP contribution < -0.4 is 14.2 Å². The monoisotopic (exact) mass is 564 g/mol. The highest BCUT2D eigenvalue weighted by Crippen LogP contribution is 2.38. The number of hydrogen-bond donors (Lipinski definition) is 1. The summed E-state index contributed by atoms with van der Waals surface area (Å²) in [6.07, 6.45) is -5.87. The van der Waals surface area contributed by atoms with Crippen molar-refractivity contribution in [3.05, 3.63) is 64.0 Å². The number of carbonyl (C=O) groups excluding carboxylic acids is 1. The Morgan fingerprint density at radius 1 is 1.16 bits per heavy atom. The summed E-state index contributed by atoms with van der Waals surface area (Å²) in [6.45, 7) is 1.16. The van der Waals surface area contributed by atoms with Crippen molar-refractivity contribution in [2.24, 2.45) is 5.92 Å². The van der Waals surface area contributed by atoms with E-state index in [4.69, 9.17) is 9.47 Å². The first kappa shape index (κ1) is 28.1. The van der Waals surface area contributed by atoms with Gasteiger partial charge in [0.25, 0.3) is 0 Å². The summed E-state index contributed by atoms with van der Waals surface area (Å²) in [7, 11) is 0. The van der Waals surface area contributed by atoms with E-state index in [-0.39, 0.29) is 41.6 Å². The Morgan fingerprint density at radius 3 is 2.61 bits per heavy atom. The van der Waals surface area contributed by atoms with Gasteiger partial charge in [-0.15, -0.1) is 0 Å². The lowest BCUT2D eigenvalue weighted by atomic mass is 10.0. The van der Waals surface area contributed by atoms with Crippen LogP contribution in [0.2, 0.25) is 0 Å². The van der Waals surface area contributed by atoms with E-state index in [0.29, 0.717) is 38.2 Å². The predicted octanol–water partition coefficient (Wildman–Crippen LogP) is 5.93. The molecular formula is C25H23F7N2O3S. The molecule has 2 aliphatic rings. The zero-order valence-corrected chi connectivity index (χ0v) is 20.8. The molecule has 0 aliphatic carbocycles. The number of amides is 1. The Balaban J connectivity index is 1.45. The summed E-state index contributed by atoms with van der Waals surface area (Å²) >= 11 is 1.24. The van der Waals surface area contributed by atoms with Gasteiger partial charge in [0.2, 0.25) is 5.91 Å². The molecule has 1 unspecified atom stereocenters. The number of hydrogen-bond acceptors (Lipinski definition) is 5. The van der Waals surface area contributed by atoms with Crippen molar-refractivity contribution < 1.29 is 45.0 Å². The van der Waals surface area contributed by atoms with E-state index in [9.17, 15) is 35.5 Å². The lowest BCUT2D eigenvalue weighted by Crippen LogP contribution is -2.30. The predicted molar refractivity (Wildman–Crippen MR) is 127 cm³/mol. The quantitative estimate of drug-likeness (QED) is 0.334. The number of fused-ring (bicyclic) bond motifs is 1. The zero-order chi connectivity index (χ0) is 27.7. The zero-order valence-electron chi connectivity index (χ0n) is 20.0. The van der Waals surface area contributed by atoms with Gasteiger partial charge in [0.05, 0.1) is 22.6 Å². The molecule has 1 N–H and O–H groups in total. The second-order valence-corrected chi connectivity index (χ2v) is 9.57. The highest BCUT2D eigenvalue weighted by molar-refractivity contribution is 7.97. The maximum Gasteiger partial charge on any atom is 0.416 e. The van der Waals surface area contributed by atoms with Gasteiger partial charge in [0.1, 0.15) is 30.5 Å². The lowest BCUT2D eigenvalue weighted by Gasteiger charge is -2.23. The molecule has 13 heteroatoms. The number of likely N-dealkylation sites (tertiary alicyclic amines) is 1. The van der Waals surface area contributed by atoms with E-state index in [0.717, 1.165) is 11.6 Å². The van der Waals surface area contributed by atoms with Gasteiger partial charge in [-0.2, -0.15) is 26.3 Å². The van der Waals surface area contributed by atoms with E-state index in [1.54, 1.807) is 12.3 Å². The molecule has 1 saturated heterocycles. The molecule has 2 heterocycles. The highest BCUT2D eigenvalue weighted by Gasteiger charge is 2.38. The topological polar surface area (TPSA) is 50.8 Å². The van der Waals surface area contributed by atoms with Crippen molar-refractivity contribution in [1.29, 1.82) is 0 Å². The first-order chi connectivity index (χ1) is 17.8. The summed E-state index contributed by atoms with van der Waals surface area (Å²) in [4.78, 5) is 14.1. The number of rotatable bonds is 7. The van der Waals surface area contributed by atoms with Crippen LogP contribution >= 0.6 is 11.9 Å². The summed E-state index contributed by atoms with van der Waals surface area (Å²) in [5.41, 5.74) is -2.50. The van der Waals surface area contributed by atoms with Gasteiger partial charge >= 0.3 is 12.4 Å². The van der Waals surface area contributed by atoms with Gasteiger partial charge in [-0.05, 0) is 36.7 Å². The van der Waals surface area contributed by atoms with Gasteiger partial charge in [0, 0.05) is 37.0 Å². The molecule has 0 saturated carbocycles. The third kappa shape index (κ3) is 6.55. The largest absolute Gasteiger partial charge is 0.489 e. The molecule has 2 aromatic rings. The maximum absolute atomic E-state index is 14.9. The molecule has 0 spiro atoms. The van der Waals surface area contributed by atoms with Crippen LogP contribution in [0.25, 0.3) is 6.08 Å². The Bertz CT molecular complexity index is 1230. The van der Waals surface area contributed by atoms with Gasteiger partial charge in [0.15, 0.2) is 0 Å². The molecule has 1 fully saturated rings. The highest BCUT2D eigenvalue weighted by atomic mass is 32.2. The Labute approximate surface area is 218 Å². The maximum atomic E-state index is 14.9. The van der Waals surface area contributed by atoms with E-state index in [2.05, 4.69) is 9.62 Å². The lowest BCUT2D eigenvalue weighted by molar-refractivity contribution is -0.143. The van der Waals surface area contributed by atoms with Crippen LogP contribution in [-0.2, 0) is 23.8 Å². The third-order valence-electron chi connectivity index (χ3n) is 6.24. The van der Waals surface area contributed by atoms with E-state index in [1.165, 1.54) is 18.0 Å². The van der Waals surface area contributed by atoms with Crippen LogP contribution in [-0.4, -0.2) is 43.3 Å². The molecule has 5 nitrogen and oxygen atoms in total. The molecule has 206 valence electrons. The fourth-order valence-corrected chi connectivity index (χ4v) is 4.75. The minimum atomic E-state index is -5.04. The molecule has 2 aromatic carbocycles. The van der Waals surface area contributed by atoms with Crippen molar-refractivity contribution in [1.82, 2.24) is 9.62 Å². The van der Waals surface area contributed by atoms with E-state index in [1.807, 2.05) is 0 Å². The van der Waals surface area contributed by atoms with Crippen molar-refractivity contribution in [3.63, 3.8) is 0 Å². The smallest absolute Gasteiger partial charge is 0.416 e. The standard InChI is InChI=1S/C25H23F7N2O3S/c1-38-33-23(35)15-4-5-34(11-15)10-14-6-19-21(26)8-18(9-22(19)37-12-14)36-13-16-2-3-17(24(27,28)29)7-20(16)25(30,31)32/h2-3,6-9,15H,4-5,10-13H2,1H3,(H,33,35). The molecule has 1 amide bonds. The van der Waals surface area contributed by atoms with Crippen LogP contribution in [0.1, 0.15) is 28.7 Å². The van der Waals surface area contributed by atoms with Crippen LogP contribution in [0, 0.1) is 11.7 Å². The molecular weight excluding hydrogens is 541 g/mol. The fourth-order valence-electron chi connectivity index (χ4n) is 4.38. The summed E-state index contributed by atoms with van der Waals surface area (Å²) in [5, 5.41) is 0. The molecule has 0 aromatic heterocycles. The Hall–Kier alpha value is -2.93. The first-order valence-electron chi connectivity index (χ1n) is 11.5. The first-order valence-corrected chi connectivity index (χ1v) is 12.7. The van der Waals surface area contributed by atoms with Crippen LogP contribution in [0.5, 0.6) is 11.5 Å². The Kier molecular flexibility index (Phi) is 8.17. The van der Waals surface area contributed by atoms with E-state index >= 15 is 0 Å². The number of ether oxygens (including phenoxy) is 2. The Morgan fingerprint density at radius 2 is 1.92 bits per heavy atom. The summed E-state index contributed by atoms with van der Waals surface area (Å²) < 4.78 is 107. The second-order valence-electron chi connectivity index (χ2n) is 8.96. The van der Waals surface area contributed by atoms with Crippen LogP contribution in [0.4, 0.5) is 30.7 Å². The molecule has 38 heavy (non-hydrogen) atoms. The minimum Gasteiger partial charge on any atom is -0.489 e. The molecule has 1 atom stereocenters. The van der Waals surface area contributed by atoms with Crippen molar-refractivity contribution in [3.8, 4) is 11.5 Å². The van der Waals surface area contributed by atoms with Crippen LogP contribution in [0.15, 0.2) is 35.9 Å². The number of carbonyl (C=O) groups is 1. The van der Waals surface area contributed by atoms with Crippen molar-refractivity contribution in [2.45, 2.75) is 25.4 Å². The van der Waals surface area contributed by atoms with E-state index < -0.39 is 41.5 Å². The van der Waals surface area contributed by atoms with Crippen LogP contribution in [0.3, 0.4) is 0 Å². The van der Waals surface area contributed by atoms with Crippen molar-refractivity contribution in [2.75, 3.05) is 32.5 Å². The SMILES string of the molecule is CSNC(=O)C1CCN(CC2=Cc3c(F)cc(OCc4ccc(C(F)(F)F)cc4C(F)(F)F)cc3OC2)C1. The van der Waals surface area contributed by atoms with Gasteiger partial charge in [-0.25, -0.2) is 4.39 Å². The molecule has 2 aliphatic heterocycles. The number of benzene rings is 2. The summed E-state index contributed by atoms with van der Waals surface area (Å²) in [6, 6.07) is 3.56. The average molecular weight is 565 g/mol. The van der Waals surface area contributed by atoms with Gasteiger partial charge < -0.3 is 14.2 Å². The normalized spacial score (nSPS) is 18.0. The van der Waals surface area contributed by atoms with Crippen molar-refractivity contribution >= 4 is 23.9 Å². The minimum absolute atomic E-state index is 0.0271. The number of nitrogens with zero attached hydrogens (tertiary/aromatic N) is 1. The fraction of sp³-hybridized carbons (Fsp3) is 0.400. The second kappa shape index (κ2) is 11.0. The van der Waals surface area contributed by atoms with Gasteiger partial charge in [-0.3, -0.25) is 9.69 Å². The molecule has 4 rings (SSSR count). The number of alkyl halides is 6. The molecule has 0 radical (unpaired) electrons. The summed E-state index contributed by atoms with van der Waals surface area (Å²) in [5.74, 6) is -0.883. The third-order valence-corrected chi connectivity index (χ3v) is 6.64. The molecule has 0 bridgehead atoms. The van der Waals surface area contributed by atoms with Gasteiger partial charge in [-0.1, -0.05) is 18.0 Å². The average Bonchev–Trinajstić information content (AvgIpc) is 3.30.